The van der Waals surface area contributed by atoms with Crippen LogP contribution >= 0.6 is 11.6 Å². The van der Waals surface area contributed by atoms with E-state index in [4.69, 9.17) is 21.1 Å². The number of rotatable bonds is 6. The molecule has 28 heavy (non-hydrogen) atoms. The third-order valence-electron chi connectivity index (χ3n) is 4.11. The fourth-order valence-electron chi connectivity index (χ4n) is 2.65. The Morgan fingerprint density at radius 3 is 2.71 bits per heavy atom. The van der Waals surface area contributed by atoms with Gasteiger partial charge in [-0.15, -0.1) is 0 Å². The van der Waals surface area contributed by atoms with Crippen LogP contribution in [0.5, 0.6) is 5.75 Å². The summed E-state index contributed by atoms with van der Waals surface area (Å²) in [5, 5.41) is 3.64. The molecule has 0 aliphatic carbocycles. The molecule has 0 bridgehead atoms. The molecule has 1 amide bonds. The van der Waals surface area contributed by atoms with E-state index in [1.807, 2.05) is 31.2 Å². The Labute approximate surface area is 167 Å². The molecule has 6 nitrogen and oxygen atoms in total. The van der Waals surface area contributed by atoms with E-state index >= 15 is 0 Å². The van der Waals surface area contributed by atoms with Crippen molar-refractivity contribution >= 4 is 34.4 Å². The largest absolute Gasteiger partial charge is 0.497 e. The summed E-state index contributed by atoms with van der Waals surface area (Å²) in [5.41, 5.74) is 2.72. The molecule has 144 valence electrons. The number of hydrogen-bond donors (Lipinski definition) is 1. The third kappa shape index (κ3) is 4.78. The summed E-state index contributed by atoms with van der Waals surface area (Å²) in [6, 6.07) is 14.4. The number of benzene rings is 2. The second-order valence-corrected chi connectivity index (χ2v) is 6.57. The second-order valence-electron chi connectivity index (χ2n) is 6.21. The monoisotopic (exact) mass is 398 g/mol. The number of hydrogen-bond acceptors (Lipinski definition) is 5. The number of aryl methyl sites for hydroxylation is 1. The van der Waals surface area contributed by atoms with E-state index in [1.165, 1.54) is 0 Å². The Morgan fingerprint density at radius 1 is 1.14 bits per heavy atom. The molecule has 0 saturated heterocycles. The number of ether oxygens (including phenoxy) is 2. The van der Waals surface area contributed by atoms with Crippen LogP contribution in [-0.2, 0) is 16.1 Å². The summed E-state index contributed by atoms with van der Waals surface area (Å²) < 4.78 is 10.4. The Balaban J connectivity index is 1.58. The molecule has 2 aromatic carbocycles. The highest BCUT2D eigenvalue weighted by molar-refractivity contribution is 6.30. The summed E-state index contributed by atoms with van der Waals surface area (Å²) >= 11 is 6.19. The third-order valence-corrected chi connectivity index (χ3v) is 4.44. The molecular formula is C21H19ClN2O4. The summed E-state index contributed by atoms with van der Waals surface area (Å²) in [6.07, 6.45) is 0. The molecule has 0 spiro atoms. The molecular weight excluding hydrogens is 380 g/mol. The van der Waals surface area contributed by atoms with Crippen molar-refractivity contribution in [3.63, 3.8) is 0 Å². The number of amides is 1. The molecule has 0 aliphatic rings. The maximum absolute atomic E-state index is 12.1. The first-order valence-corrected chi connectivity index (χ1v) is 8.97. The number of methoxy groups -OCH3 is 1. The molecule has 1 N–H and O–H groups in total. The number of fused-ring (bicyclic) bond motifs is 1. The molecule has 3 rings (SSSR count). The minimum absolute atomic E-state index is 0.0348. The number of aromatic nitrogens is 1. The maximum Gasteiger partial charge on any atom is 0.325 e. The Morgan fingerprint density at radius 2 is 1.96 bits per heavy atom. The summed E-state index contributed by atoms with van der Waals surface area (Å²) in [7, 11) is 1.58. The van der Waals surface area contributed by atoms with Crippen LogP contribution in [0.15, 0.2) is 48.5 Å². The zero-order valence-electron chi connectivity index (χ0n) is 15.5. The van der Waals surface area contributed by atoms with Crippen LogP contribution in [0.2, 0.25) is 5.15 Å². The summed E-state index contributed by atoms with van der Waals surface area (Å²) in [4.78, 5) is 28.3. The lowest BCUT2D eigenvalue weighted by Crippen LogP contribution is -2.30. The van der Waals surface area contributed by atoms with E-state index in [9.17, 15) is 9.59 Å². The number of carbonyl (C=O) groups excluding carboxylic acids is 2. The number of pyridine rings is 1. The van der Waals surface area contributed by atoms with Crippen molar-refractivity contribution in [2.24, 2.45) is 0 Å². The Hall–Kier alpha value is -3.12. The minimum atomic E-state index is -0.563. The predicted molar refractivity (Wildman–Crippen MR) is 107 cm³/mol. The number of halogens is 1. The van der Waals surface area contributed by atoms with Gasteiger partial charge in [-0.25, -0.2) is 4.98 Å². The summed E-state index contributed by atoms with van der Waals surface area (Å²) in [5.74, 6) is -0.216. The highest BCUT2D eigenvalue weighted by Gasteiger charge is 2.11. The van der Waals surface area contributed by atoms with Gasteiger partial charge in [-0.3, -0.25) is 9.59 Å². The van der Waals surface area contributed by atoms with Crippen LogP contribution in [0, 0.1) is 6.92 Å². The molecule has 0 atom stereocenters. The standard InChI is InChI=1S/C21H19ClN2O4/c1-13-4-3-5-15(8-13)21(26)23-11-19(25)28-12-16-9-14-6-7-17(27-2)10-18(14)24-20(16)22/h3-10H,11-12H2,1-2H3,(H,23,26). The number of nitrogens with zero attached hydrogens (tertiary/aromatic N) is 1. The first-order valence-electron chi connectivity index (χ1n) is 8.60. The van der Waals surface area contributed by atoms with Gasteiger partial charge in [-0.1, -0.05) is 29.3 Å². The molecule has 1 heterocycles. The molecule has 1 aromatic heterocycles. The molecule has 0 unspecified atom stereocenters. The average molecular weight is 399 g/mol. The van der Waals surface area contributed by atoms with Crippen LogP contribution in [0.3, 0.4) is 0 Å². The quantitative estimate of drug-likeness (QED) is 0.506. The topological polar surface area (TPSA) is 77.5 Å². The van der Waals surface area contributed by atoms with Crippen LogP contribution in [-0.4, -0.2) is 30.5 Å². The van der Waals surface area contributed by atoms with E-state index in [1.54, 1.807) is 31.4 Å². The predicted octanol–water partition coefficient (Wildman–Crippen LogP) is 3.68. The van der Waals surface area contributed by atoms with Gasteiger partial charge in [0.05, 0.1) is 12.6 Å². The number of esters is 1. The van der Waals surface area contributed by atoms with Gasteiger partial charge in [-0.2, -0.15) is 0 Å². The van der Waals surface area contributed by atoms with Gasteiger partial charge in [0.15, 0.2) is 0 Å². The van der Waals surface area contributed by atoms with Gasteiger partial charge in [0, 0.05) is 22.6 Å². The zero-order chi connectivity index (χ0) is 20.1. The lowest BCUT2D eigenvalue weighted by Gasteiger charge is -2.09. The minimum Gasteiger partial charge on any atom is -0.497 e. The van der Waals surface area contributed by atoms with Crippen molar-refractivity contribution in [1.29, 1.82) is 0 Å². The highest BCUT2D eigenvalue weighted by Crippen LogP contribution is 2.24. The van der Waals surface area contributed by atoms with E-state index in [0.717, 1.165) is 10.9 Å². The van der Waals surface area contributed by atoms with Gasteiger partial charge in [0.2, 0.25) is 0 Å². The molecule has 0 fully saturated rings. The molecule has 0 aliphatic heterocycles. The van der Waals surface area contributed by atoms with Crippen molar-refractivity contribution < 1.29 is 19.1 Å². The number of nitrogens with one attached hydrogen (secondary N) is 1. The van der Waals surface area contributed by atoms with Crippen LogP contribution in [0.25, 0.3) is 10.9 Å². The molecule has 7 heteroatoms. The SMILES string of the molecule is COc1ccc2cc(COC(=O)CNC(=O)c3cccc(C)c3)c(Cl)nc2c1. The van der Waals surface area contributed by atoms with E-state index in [2.05, 4.69) is 10.3 Å². The smallest absolute Gasteiger partial charge is 0.325 e. The molecule has 0 saturated carbocycles. The van der Waals surface area contributed by atoms with E-state index in [0.29, 0.717) is 22.4 Å². The van der Waals surface area contributed by atoms with Gasteiger partial charge in [-0.05, 0) is 37.3 Å². The Kier molecular flexibility index (Phi) is 6.11. The molecule has 3 aromatic rings. The van der Waals surface area contributed by atoms with Gasteiger partial charge in [0.25, 0.3) is 5.91 Å². The van der Waals surface area contributed by atoms with Crippen molar-refractivity contribution in [1.82, 2.24) is 10.3 Å². The first-order chi connectivity index (χ1) is 13.5. The van der Waals surface area contributed by atoms with Gasteiger partial charge < -0.3 is 14.8 Å². The van der Waals surface area contributed by atoms with Crippen molar-refractivity contribution in [2.75, 3.05) is 13.7 Å². The molecule has 0 radical (unpaired) electrons. The number of carbonyl (C=O) groups is 2. The van der Waals surface area contributed by atoms with E-state index < -0.39 is 5.97 Å². The fraction of sp³-hybridized carbons (Fsp3) is 0.190. The van der Waals surface area contributed by atoms with Crippen LogP contribution < -0.4 is 10.1 Å². The average Bonchev–Trinajstić information content (AvgIpc) is 2.69. The fourth-order valence-corrected chi connectivity index (χ4v) is 2.85. The highest BCUT2D eigenvalue weighted by atomic mass is 35.5. The van der Waals surface area contributed by atoms with Crippen molar-refractivity contribution in [3.8, 4) is 5.75 Å². The van der Waals surface area contributed by atoms with Gasteiger partial charge >= 0.3 is 5.97 Å². The Bertz CT molecular complexity index is 1040. The van der Waals surface area contributed by atoms with Crippen molar-refractivity contribution in [2.45, 2.75) is 13.5 Å². The van der Waals surface area contributed by atoms with Crippen LogP contribution in [0.1, 0.15) is 21.5 Å². The maximum atomic E-state index is 12.1. The van der Waals surface area contributed by atoms with E-state index in [-0.39, 0.29) is 24.2 Å². The lowest BCUT2D eigenvalue weighted by molar-refractivity contribution is -0.143. The first kappa shape index (κ1) is 19.6. The van der Waals surface area contributed by atoms with Crippen molar-refractivity contribution in [3.05, 3.63) is 70.4 Å². The second kappa shape index (κ2) is 8.71. The lowest BCUT2D eigenvalue weighted by atomic mass is 10.1. The normalized spacial score (nSPS) is 10.5. The zero-order valence-corrected chi connectivity index (χ0v) is 16.2. The van der Waals surface area contributed by atoms with Gasteiger partial charge in [0.1, 0.15) is 24.1 Å². The summed E-state index contributed by atoms with van der Waals surface area (Å²) in [6.45, 7) is 1.62. The van der Waals surface area contributed by atoms with Crippen LogP contribution in [0.4, 0.5) is 0 Å².